The van der Waals surface area contributed by atoms with E-state index in [0.717, 1.165) is 48.4 Å². The van der Waals surface area contributed by atoms with Crippen LogP contribution in [0.25, 0.3) is 22.2 Å². The van der Waals surface area contributed by atoms with E-state index in [4.69, 9.17) is 11.7 Å². The molecule has 1 fully saturated rings. The van der Waals surface area contributed by atoms with Crippen molar-refractivity contribution in [2.45, 2.75) is 45.4 Å². The molecule has 3 heterocycles. The quantitative estimate of drug-likeness (QED) is 0.211. The molecule has 1 aromatic carbocycles. The van der Waals surface area contributed by atoms with Gasteiger partial charge in [0.2, 0.25) is 0 Å². The number of amidine groups is 1. The van der Waals surface area contributed by atoms with Gasteiger partial charge in [-0.05, 0) is 74.0 Å². The standard InChI is InChI=1S/C24H32FN7/c1-14(2)23-19-11-17(16-6-8-32(9-7-16)13-22(30-26)31-27)4-5-21(19)29-24(23)18-10-15(3)28-12-20(18)25/h4-5,10-12,14,16,29H,6-9,13,26-27H2,1-3H3,(H,30,31). The lowest BCUT2D eigenvalue weighted by Crippen LogP contribution is -2.44. The molecule has 0 unspecified atom stereocenters. The Morgan fingerprint density at radius 3 is 2.72 bits per heavy atom. The largest absolute Gasteiger partial charge is 0.354 e. The molecule has 32 heavy (non-hydrogen) atoms. The molecular formula is C24H32FN7. The van der Waals surface area contributed by atoms with Crippen molar-refractivity contribution in [3.05, 3.63) is 53.1 Å². The zero-order valence-electron chi connectivity index (χ0n) is 19.0. The summed E-state index contributed by atoms with van der Waals surface area (Å²) < 4.78 is 14.7. The Bertz CT molecular complexity index is 1130. The molecule has 0 bridgehead atoms. The molecule has 6 N–H and O–H groups in total. The summed E-state index contributed by atoms with van der Waals surface area (Å²) >= 11 is 0. The van der Waals surface area contributed by atoms with Crippen molar-refractivity contribution in [3.8, 4) is 11.3 Å². The number of aryl methyl sites for hydroxylation is 1. The van der Waals surface area contributed by atoms with Crippen molar-refractivity contribution in [2.75, 3.05) is 19.6 Å². The molecule has 7 nitrogen and oxygen atoms in total. The molecule has 0 atom stereocenters. The maximum Gasteiger partial charge on any atom is 0.150 e. The normalized spacial score (nSPS) is 16.2. The lowest BCUT2D eigenvalue weighted by molar-refractivity contribution is 0.237. The van der Waals surface area contributed by atoms with E-state index in [1.807, 2.05) is 13.0 Å². The highest BCUT2D eigenvalue weighted by Crippen LogP contribution is 2.39. The third-order valence-corrected chi connectivity index (χ3v) is 6.46. The van der Waals surface area contributed by atoms with Gasteiger partial charge >= 0.3 is 0 Å². The van der Waals surface area contributed by atoms with Gasteiger partial charge in [0, 0.05) is 22.2 Å². The number of hydrazone groups is 1. The van der Waals surface area contributed by atoms with Gasteiger partial charge in [0.05, 0.1) is 18.4 Å². The van der Waals surface area contributed by atoms with Crippen molar-refractivity contribution >= 4 is 16.7 Å². The number of H-pyrrole nitrogens is 1. The Balaban J connectivity index is 1.64. The molecule has 170 valence electrons. The van der Waals surface area contributed by atoms with Crippen LogP contribution in [0.2, 0.25) is 0 Å². The molecular weight excluding hydrogens is 405 g/mol. The number of nitrogens with two attached hydrogens (primary N) is 2. The summed E-state index contributed by atoms with van der Waals surface area (Å²) in [5.41, 5.74) is 8.31. The van der Waals surface area contributed by atoms with Crippen LogP contribution in [-0.2, 0) is 0 Å². The number of nitrogens with zero attached hydrogens (tertiary/aromatic N) is 3. The van der Waals surface area contributed by atoms with Crippen molar-refractivity contribution < 1.29 is 4.39 Å². The Labute approximate surface area is 188 Å². The first-order valence-electron chi connectivity index (χ1n) is 11.1. The van der Waals surface area contributed by atoms with Crippen LogP contribution in [0, 0.1) is 12.7 Å². The van der Waals surface area contributed by atoms with Gasteiger partial charge < -0.3 is 16.3 Å². The minimum Gasteiger partial charge on any atom is -0.354 e. The van der Waals surface area contributed by atoms with Crippen LogP contribution in [0.1, 0.15) is 55.3 Å². The van der Waals surface area contributed by atoms with Crippen molar-refractivity contribution in [1.82, 2.24) is 20.3 Å². The fourth-order valence-corrected chi connectivity index (χ4v) is 4.79. The minimum atomic E-state index is -0.302. The average Bonchev–Trinajstić information content (AvgIpc) is 3.18. The molecule has 1 aliphatic heterocycles. The monoisotopic (exact) mass is 437 g/mol. The number of aromatic amines is 1. The topological polar surface area (TPSA) is 108 Å². The Morgan fingerprint density at radius 1 is 1.31 bits per heavy atom. The fourth-order valence-electron chi connectivity index (χ4n) is 4.79. The van der Waals surface area contributed by atoms with E-state index in [1.54, 1.807) is 0 Å². The molecule has 0 amide bonds. The van der Waals surface area contributed by atoms with Gasteiger partial charge in [-0.25, -0.2) is 10.2 Å². The highest BCUT2D eigenvalue weighted by molar-refractivity contribution is 5.92. The first kappa shape index (κ1) is 22.2. The second-order valence-electron chi connectivity index (χ2n) is 8.95. The van der Waals surface area contributed by atoms with E-state index in [9.17, 15) is 4.39 Å². The van der Waals surface area contributed by atoms with Gasteiger partial charge in [0.25, 0.3) is 0 Å². The van der Waals surface area contributed by atoms with E-state index in [-0.39, 0.29) is 11.7 Å². The van der Waals surface area contributed by atoms with Gasteiger partial charge in [-0.1, -0.05) is 19.9 Å². The van der Waals surface area contributed by atoms with Gasteiger partial charge in [-0.2, -0.15) is 5.10 Å². The second kappa shape index (κ2) is 9.26. The zero-order valence-corrected chi connectivity index (χ0v) is 19.0. The van der Waals surface area contributed by atoms with Gasteiger partial charge in [-0.3, -0.25) is 9.88 Å². The van der Waals surface area contributed by atoms with Crippen LogP contribution in [0.4, 0.5) is 4.39 Å². The molecule has 2 aromatic heterocycles. The summed E-state index contributed by atoms with van der Waals surface area (Å²) in [6, 6.07) is 8.45. The number of rotatable bonds is 5. The lowest BCUT2D eigenvalue weighted by atomic mass is 9.87. The van der Waals surface area contributed by atoms with Gasteiger partial charge in [0.1, 0.15) is 5.84 Å². The highest BCUT2D eigenvalue weighted by atomic mass is 19.1. The summed E-state index contributed by atoms with van der Waals surface area (Å²) in [5.74, 6) is 11.8. The third-order valence-electron chi connectivity index (χ3n) is 6.46. The number of fused-ring (bicyclic) bond motifs is 1. The first-order chi connectivity index (χ1) is 15.4. The van der Waals surface area contributed by atoms with E-state index >= 15 is 0 Å². The summed E-state index contributed by atoms with van der Waals surface area (Å²) in [5, 5.41) is 4.86. The Hall–Kier alpha value is -2.97. The molecule has 0 spiro atoms. The highest BCUT2D eigenvalue weighted by Gasteiger charge is 2.24. The summed E-state index contributed by atoms with van der Waals surface area (Å²) in [4.78, 5) is 9.88. The van der Waals surface area contributed by atoms with E-state index in [2.05, 4.69) is 57.4 Å². The molecule has 0 radical (unpaired) electrons. The van der Waals surface area contributed by atoms with E-state index in [1.165, 1.54) is 17.1 Å². The molecule has 8 heteroatoms. The number of likely N-dealkylation sites (tertiary alicyclic amines) is 1. The molecule has 0 aliphatic carbocycles. The number of hydrogen-bond donors (Lipinski definition) is 4. The summed E-state index contributed by atoms with van der Waals surface area (Å²) in [6.07, 6.45) is 3.42. The Morgan fingerprint density at radius 2 is 2.06 bits per heavy atom. The first-order valence-corrected chi connectivity index (χ1v) is 11.1. The van der Waals surface area contributed by atoms with Crippen LogP contribution < -0.4 is 17.1 Å². The maximum absolute atomic E-state index is 14.7. The van der Waals surface area contributed by atoms with Crippen LogP contribution in [0.5, 0.6) is 0 Å². The van der Waals surface area contributed by atoms with Crippen LogP contribution >= 0.6 is 0 Å². The minimum absolute atomic E-state index is 0.251. The van der Waals surface area contributed by atoms with Gasteiger partial charge in [-0.15, -0.1) is 0 Å². The van der Waals surface area contributed by atoms with Crippen molar-refractivity contribution in [1.29, 1.82) is 0 Å². The van der Waals surface area contributed by atoms with E-state index < -0.39 is 0 Å². The maximum atomic E-state index is 14.7. The van der Waals surface area contributed by atoms with E-state index in [0.29, 0.717) is 23.9 Å². The number of pyridine rings is 1. The van der Waals surface area contributed by atoms with Crippen LogP contribution in [-0.4, -0.2) is 40.3 Å². The summed E-state index contributed by atoms with van der Waals surface area (Å²) in [6.45, 7) is 8.75. The number of hydrogen-bond acceptors (Lipinski definition) is 5. The molecule has 3 aromatic rings. The summed E-state index contributed by atoms with van der Waals surface area (Å²) in [7, 11) is 0. The lowest BCUT2D eigenvalue weighted by Gasteiger charge is -2.32. The van der Waals surface area contributed by atoms with Crippen molar-refractivity contribution in [2.24, 2.45) is 16.8 Å². The molecule has 1 aliphatic rings. The number of nitrogens with one attached hydrogen (secondary N) is 2. The smallest absolute Gasteiger partial charge is 0.150 e. The second-order valence-corrected chi connectivity index (χ2v) is 8.95. The van der Waals surface area contributed by atoms with Gasteiger partial charge in [0.15, 0.2) is 5.82 Å². The molecule has 0 saturated carbocycles. The molecule has 4 rings (SSSR count). The number of halogens is 1. The van der Waals surface area contributed by atoms with Crippen LogP contribution in [0.15, 0.2) is 35.6 Å². The number of aromatic nitrogens is 2. The van der Waals surface area contributed by atoms with Crippen molar-refractivity contribution in [3.63, 3.8) is 0 Å². The number of benzene rings is 1. The average molecular weight is 438 g/mol. The Kier molecular flexibility index (Phi) is 6.43. The molecule has 1 saturated heterocycles. The number of hydrazine groups is 1. The predicted molar refractivity (Wildman–Crippen MR) is 128 cm³/mol. The predicted octanol–water partition coefficient (Wildman–Crippen LogP) is 3.72. The van der Waals surface area contributed by atoms with Crippen LogP contribution in [0.3, 0.4) is 0 Å². The SMILES string of the molecule is Cc1cc(-c2[nH]c3ccc(C4CCN(C/C(=N/N)NN)CC4)cc3c2C(C)C)c(F)cn1. The third kappa shape index (κ3) is 4.33. The zero-order chi connectivity index (χ0) is 22.8. The number of piperidine rings is 1. The fraction of sp³-hybridized carbons (Fsp3) is 0.417.